The highest BCUT2D eigenvalue weighted by atomic mass is 19.4. The van der Waals surface area contributed by atoms with E-state index in [0.29, 0.717) is 29.7 Å². The van der Waals surface area contributed by atoms with Crippen molar-refractivity contribution < 1.29 is 36.6 Å². The number of cyclic esters (lactones) is 1. The molecule has 2 atom stereocenters. The Hall–Kier alpha value is -3.15. The van der Waals surface area contributed by atoms with Crippen molar-refractivity contribution in [2.24, 2.45) is 5.92 Å². The third kappa shape index (κ3) is 4.65. The molecular weight excluding hydrogens is 448 g/mol. The lowest BCUT2D eigenvalue weighted by molar-refractivity contribution is -0.142. The van der Waals surface area contributed by atoms with Crippen molar-refractivity contribution in [1.29, 1.82) is 0 Å². The average molecular weight is 470 g/mol. The van der Waals surface area contributed by atoms with Gasteiger partial charge < -0.3 is 24.8 Å². The first-order valence-corrected chi connectivity index (χ1v) is 10.2. The minimum Gasteiger partial charge on any atom is -0.467 e. The molecule has 0 bridgehead atoms. The number of carbonyl (C=O) groups excluding carboxylic acids is 1. The van der Waals surface area contributed by atoms with Gasteiger partial charge in [0.05, 0.1) is 37.7 Å². The highest BCUT2D eigenvalue weighted by molar-refractivity contribution is 5.76. The van der Waals surface area contributed by atoms with Gasteiger partial charge in [0, 0.05) is 30.1 Å². The number of anilines is 2. The number of nitrogens with zero attached hydrogens (tertiary/aromatic N) is 3. The third-order valence-electron chi connectivity index (χ3n) is 5.49. The van der Waals surface area contributed by atoms with E-state index in [1.807, 2.05) is 6.92 Å². The number of nitrogens with two attached hydrogens (primary N) is 1. The van der Waals surface area contributed by atoms with Crippen LogP contribution < -0.4 is 15.4 Å². The van der Waals surface area contributed by atoms with Crippen LogP contribution in [0.25, 0.3) is 0 Å². The second kappa shape index (κ2) is 8.65. The quantitative estimate of drug-likeness (QED) is 0.415. The van der Waals surface area contributed by atoms with Gasteiger partial charge in [0.2, 0.25) is 0 Å². The summed E-state index contributed by atoms with van der Waals surface area (Å²) in [5.41, 5.74) is 4.55. The van der Waals surface area contributed by atoms with Crippen LogP contribution >= 0.6 is 0 Å². The number of nitrogen functional groups attached to an aromatic ring is 1. The molecule has 1 aromatic heterocycles. The molecule has 0 aliphatic carbocycles. The van der Waals surface area contributed by atoms with E-state index in [2.05, 4.69) is 9.97 Å². The number of benzene rings is 1. The number of hydrogen-bond acceptors (Lipinski definition) is 8. The molecule has 0 radical (unpaired) electrons. The Morgan fingerprint density at radius 1 is 1.27 bits per heavy atom. The zero-order valence-corrected chi connectivity index (χ0v) is 17.9. The van der Waals surface area contributed by atoms with Crippen LogP contribution in [0, 0.1) is 11.7 Å². The summed E-state index contributed by atoms with van der Waals surface area (Å²) in [5.74, 6) is -1.49. The van der Waals surface area contributed by atoms with Gasteiger partial charge in [-0.1, -0.05) is 6.92 Å². The zero-order chi connectivity index (χ0) is 23.9. The number of aromatic nitrogens is 2. The van der Waals surface area contributed by atoms with E-state index in [9.17, 15) is 22.4 Å². The van der Waals surface area contributed by atoms with E-state index < -0.39 is 35.2 Å². The molecule has 0 amide bonds. The highest BCUT2D eigenvalue weighted by Gasteiger charge is 2.41. The first-order valence-electron chi connectivity index (χ1n) is 10.2. The van der Waals surface area contributed by atoms with Crippen molar-refractivity contribution in [2.45, 2.75) is 32.2 Å². The fourth-order valence-electron chi connectivity index (χ4n) is 4.08. The minimum atomic E-state index is -4.94. The molecule has 2 aliphatic rings. The van der Waals surface area contributed by atoms with Crippen LogP contribution in [0.4, 0.5) is 29.1 Å². The van der Waals surface area contributed by atoms with Gasteiger partial charge >= 0.3 is 18.2 Å². The molecule has 1 fully saturated rings. The lowest BCUT2D eigenvalue weighted by atomic mass is 9.94. The van der Waals surface area contributed by atoms with Crippen LogP contribution in [0.5, 0.6) is 6.01 Å². The molecule has 178 valence electrons. The molecule has 2 N–H and O–H groups in total. The molecule has 4 rings (SSSR count). The van der Waals surface area contributed by atoms with E-state index in [4.69, 9.17) is 19.9 Å². The Bertz CT molecular complexity index is 1080. The molecule has 0 saturated carbocycles. The Morgan fingerprint density at radius 2 is 2.03 bits per heavy atom. The Morgan fingerprint density at radius 3 is 2.73 bits per heavy atom. The topological polar surface area (TPSA) is 99.8 Å². The third-order valence-corrected chi connectivity index (χ3v) is 5.49. The normalized spacial score (nSPS) is 21.3. The number of ether oxygens (including phenoxy) is 3. The predicted molar refractivity (Wildman–Crippen MR) is 108 cm³/mol. The van der Waals surface area contributed by atoms with Crippen molar-refractivity contribution in [3.63, 3.8) is 0 Å². The number of methoxy groups -OCH3 is 1. The summed E-state index contributed by atoms with van der Waals surface area (Å²) in [7, 11) is 1.36. The van der Waals surface area contributed by atoms with Gasteiger partial charge in [-0.2, -0.15) is 23.1 Å². The first kappa shape index (κ1) is 23.0. The van der Waals surface area contributed by atoms with Crippen LogP contribution in [0.2, 0.25) is 0 Å². The molecule has 1 aromatic carbocycles. The second-order valence-corrected chi connectivity index (χ2v) is 8.10. The predicted octanol–water partition coefficient (Wildman–Crippen LogP) is 3.04. The zero-order valence-electron chi connectivity index (χ0n) is 17.9. The lowest BCUT2D eigenvalue weighted by Gasteiger charge is -2.31. The van der Waals surface area contributed by atoms with Crippen molar-refractivity contribution in [3.05, 3.63) is 40.3 Å². The molecule has 12 heteroatoms. The SMILES string of the molecule is COc1nc2c(c(N3CC(=O)OCC(C)C3)n1)COC(c1cc(N)cc(F)c1C(F)(F)F)C2. The summed E-state index contributed by atoms with van der Waals surface area (Å²) in [5, 5.41) is 0. The van der Waals surface area contributed by atoms with E-state index in [1.165, 1.54) is 7.11 Å². The van der Waals surface area contributed by atoms with Crippen LogP contribution in [-0.2, 0) is 33.5 Å². The molecule has 2 unspecified atom stereocenters. The monoisotopic (exact) mass is 470 g/mol. The van der Waals surface area contributed by atoms with Gasteiger partial charge in [0.15, 0.2) is 0 Å². The van der Waals surface area contributed by atoms with Crippen LogP contribution in [0.15, 0.2) is 12.1 Å². The van der Waals surface area contributed by atoms with Gasteiger partial charge in [-0.3, -0.25) is 4.79 Å². The maximum Gasteiger partial charge on any atom is 0.419 e. The fraction of sp³-hybridized carbons (Fsp3) is 0.476. The lowest BCUT2D eigenvalue weighted by Crippen LogP contribution is -2.34. The van der Waals surface area contributed by atoms with E-state index in [0.717, 1.165) is 6.07 Å². The Kier molecular flexibility index (Phi) is 6.04. The maximum atomic E-state index is 14.2. The van der Waals surface area contributed by atoms with Gasteiger partial charge in [0.1, 0.15) is 18.2 Å². The number of esters is 1. The first-order chi connectivity index (χ1) is 15.6. The summed E-state index contributed by atoms with van der Waals surface area (Å²) in [6.07, 6.45) is -6.18. The number of rotatable bonds is 3. The van der Waals surface area contributed by atoms with Crippen molar-refractivity contribution in [2.75, 3.05) is 37.4 Å². The fourth-order valence-corrected chi connectivity index (χ4v) is 4.08. The van der Waals surface area contributed by atoms with E-state index >= 15 is 0 Å². The number of halogens is 4. The largest absolute Gasteiger partial charge is 0.467 e. The molecule has 2 aliphatic heterocycles. The average Bonchev–Trinajstić information content (AvgIpc) is 2.91. The van der Waals surface area contributed by atoms with Gasteiger partial charge in [-0.05, 0) is 17.7 Å². The van der Waals surface area contributed by atoms with Crippen molar-refractivity contribution >= 4 is 17.5 Å². The Labute approximate surface area is 186 Å². The van der Waals surface area contributed by atoms with E-state index in [-0.39, 0.29) is 43.8 Å². The highest BCUT2D eigenvalue weighted by Crippen LogP contribution is 2.42. The molecule has 0 spiro atoms. The van der Waals surface area contributed by atoms with Gasteiger partial charge in [-0.15, -0.1) is 0 Å². The molecule has 33 heavy (non-hydrogen) atoms. The maximum absolute atomic E-state index is 14.2. The standard InChI is InChI=1S/C21H22F4N4O4/c1-10-6-29(7-17(30)33-8-10)19-13-9-32-16(5-15(13)27-20(28-19)31-2)12-3-11(26)4-14(22)18(12)21(23,24)25/h3-4,10,16H,5-9,26H2,1-2H3. The number of hydrogen-bond donors (Lipinski definition) is 1. The molecule has 8 nitrogen and oxygen atoms in total. The van der Waals surface area contributed by atoms with Gasteiger partial charge in [0.25, 0.3) is 0 Å². The summed E-state index contributed by atoms with van der Waals surface area (Å²) < 4.78 is 71.1. The smallest absolute Gasteiger partial charge is 0.419 e. The van der Waals surface area contributed by atoms with Gasteiger partial charge in [-0.25, -0.2) is 4.39 Å². The summed E-state index contributed by atoms with van der Waals surface area (Å²) >= 11 is 0. The van der Waals surface area contributed by atoms with Crippen LogP contribution in [-0.4, -0.2) is 42.7 Å². The minimum absolute atomic E-state index is 0.00975. The van der Waals surface area contributed by atoms with Crippen LogP contribution in [0.3, 0.4) is 0 Å². The number of fused-ring (bicyclic) bond motifs is 1. The number of carbonyl (C=O) groups is 1. The summed E-state index contributed by atoms with van der Waals surface area (Å²) in [4.78, 5) is 22.4. The number of alkyl halides is 3. The molecule has 2 aromatic rings. The second-order valence-electron chi connectivity index (χ2n) is 8.10. The Balaban J connectivity index is 1.75. The van der Waals surface area contributed by atoms with Crippen LogP contribution in [0.1, 0.15) is 35.4 Å². The molecular formula is C21H22F4N4O4. The van der Waals surface area contributed by atoms with Crippen molar-refractivity contribution in [3.8, 4) is 6.01 Å². The molecule has 3 heterocycles. The molecule has 1 saturated heterocycles. The summed E-state index contributed by atoms with van der Waals surface area (Å²) in [6.45, 7) is 2.43. The van der Waals surface area contributed by atoms with Crippen molar-refractivity contribution in [1.82, 2.24) is 9.97 Å². The summed E-state index contributed by atoms with van der Waals surface area (Å²) in [6, 6.07) is 1.68. The van der Waals surface area contributed by atoms with E-state index in [1.54, 1.807) is 4.90 Å².